The monoisotopic (exact) mass is 571 g/mol. The average molecular weight is 573 g/mol. The SMILES string of the molecule is CC12CC1(C(=O)OCN1C(=O)CCc3ccc(OCCCCN4CCN(c5cccc(Cl)c5Cl)CC4)cc31)C2. The summed E-state index contributed by atoms with van der Waals surface area (Å²) < 4.78 is 11.7. The number of hydrogen-bond acceptors (Lipinski definition) is 6. The van der Waals surface area contributed by atoms with E-state index in [1.807, 2.05) is 36.4 Å². The molecule has 0 radical (unpaired) electrons. The smallest absolute Gasteiger partial charge is 0.314 e. The first kappa shape index (κ1) is 26.7. The fourth-order valence-electron chi connectivity index (χ4n) is 6.17. The second kappa shape index (κ2) is 10.5. The van der Waals surface area contributed by atoms with Gasteiger partial charge in [-0.2, -0.15) is 0 Å². The molecule has 39 heavy (non-hydrogen) atoms. The third-order valence-electron chi connectivity index (χ3n) is 9.04. The minimum absolute atomic E-state index is 0.0166. The van der Waals surface area contributed by atoms with E-state index in [-0.39, 0.29) is 29.4 Å². The van der Waals surface area contributed by atoms with Gasteiger partial charge in [0.05, 0.1) is 33.4 Å². The van der Waals surface area contributed by atoms with Crippen LogP contribution in [0.25, 0.3) is 0 Å². The maximum absolute atomic E-state index is 12.7. The summed E-state index contributed by atoms with van der Waals surface area (Å²) in [6.07, 6.45) is 4.93. The molecule has 7 nitrogen and oxygen atoms in total. The van der Waals surface area contributed by atoms with Crippen LogP contribution in [0.3, 0.4) is 0 Å². The van der Waals surface area contributed by atoms with E-state index in [9.17, 15) is 9.59 Å². The van der Waals surface area contributed by atoms with Crippen molar-refractivity contribution in [3.8, 4) is 5.75 Å². The highest BCUT2D eigenvalue weighted by Gasteiger charge is 2.85. The average Bonchev–Trinajstić information content (AvgIpc) is 3.75. The molecule has 2 aliphatic carbocycles. The van der Waals surface area contributed by atoms with Crippen LogP contribution in [0.5, 0.6) is 5.75 Å². The highest BCUT2D eigenvalue weighted by atomic mass is 35.5. The Morgan fingerprint density at radius 3 is 2.51 bits per heavy atom. The highest BCUT2D eigenvalue weighted by molar-refractivity contribution is 6.43. The molecule has 4 aliphatic rings. The number of carbonyl (C=O) groups excluding carboxylic acids is 2. The van der Waals surface area contributed by atoms with Crippen molar-refractivity contribution in [1.29, 1.82) is 0 Å². The number of rotatable bonds is 10. The number of amides is 1. The number of fused-ring (bicyclic) bond motifs is 2. The van der Waals surface area contributed by atoms with Crippen molar-refractivity contribution in [3.63, 3.8) is 0 Å². The van der Waals surface area contributed by atoms with Crippen molar-refractivity contribution in [1.82, 2.24) is 4.90 Å². The van der Waals surface area contributed by atoms with Crippen LogP contribution in [0, 0.1) is 10.8 Å². The third-order valence-corrected chi connectivity index (χ3v) is 9.85. The lowest BCUT2D eigenvalue weighted by molar-refractivity contribution is -0.148. The van der Waals surface area contributed by atoms with Crippen molar-refractivity contribution in [2.45, 2.75) is 45.4 Å². The Bertz CT molecular complexity index is 1270. The number of benzene rings is 2. The molecule has 208 valence electrons. The van der Waals surface area contributed by atoms with Gasteiger partial charge in [0.2, 0.25) is 5.91 Å². The number of esters is 1. The maximum atomic E-state index is 12.7. The number of hydrogen-bond donors (Lipinski definition) is 0. The van der Waals surface area contributed by atoms with Gasteiger partial charge in [0.25, 0.3) is 0 Å². The molecule has 1 amide bonds. The van der Waals surface area contributed by atoms with Crippen LogP contribution in [0.15, 0.2) is 36.4 Å². The Balaban J connectivity index is 0.944. The van der Waals surface area contributed by atoms with Gasteiger partial charge in [-0.1, -0.05) is 42.3 Å². The van der Waals surface area contributed by atoms with Gasteiger partial charge < -0.3 is 14.4 Å². The Kier molecular flexibility index (Phi) is 7.19. The van der Waals surface area contributed by atoms with E-state index >= 15 is 0 Å². The predicted molar refractivity (Wildman–Crippen MR) is 153 cm³/mol. The van der Waals surface area contributed by atoms with Crippen LogP contribution in [0.2, 0.25) is 10.0 Å². The molecule has 2 saturated carbocycles. The van der Waals surface area contributed by atoms with Crippen LogP contribution in [0.4, 0.5) is 11.4 Å². The first-order valence-electron chi connectivity index (χ1n) is 13.9. The Hall–Kier alpha value is -2.48. The molecule has 2 aliphatic heterocycles. The fourth-order valence-corrected chi connectivity index (χ4v) is 6.58. The van der Waals surface area contributed by atoms with E-state index in [0.29, 0.717) is 29.5 Å². The molecule has 3 fully saturated rings. The maximum Gasteiger partial charge on any atom is 0.314 e. The Labute approximate surface area is 239 Å². The normalized spacial score (nSPS) is 25.7. The molecular formula is C30H35Cl2N3O4. The minimum Gasteiger partial charge on any atom is -0.494 e. The van der Waals surface area contributed by atoms with Gasteiger partial charge in [-0.3, -0.25) is 19.4 Å². The molecule has 2 aromatic carbocycles. The zero-order valence-electron chi connectivity index (χ0n) is 22.4. The number of ether oxygens (including phenoxy) is 2. The molecule has 0 N–H and O–H groups in total. The lowest BCUT2D eigenvalue weighted by Gasteiger charge is -2.36. The number of anilines is 2. The second-order valence-electron chi connectivity index (χ2n) is 11.6. The van der Waals surface area contributed by atoms with Gasteiger partial charge in [0.1, 0.15) is 5.75 Å². The summed E-state index contributed by atoms with van der Waals surface area (Å²) in [6, 6.07) is 11.7. The number of nitrogens with zero attached hydrogens (tertiary/aromatic N) is 3. The van der Waals surface area contributed by atoms with Crippen molar-refractivity contribution in [2.24, 2.45) is 10.8 Å². The molecule has 0 unspecified atom stereocenters. The van der Waals surface area contributed by atoms with Gasteiger partial charge in [0, 0.05) is 38.7 Å². The molecule has 6 rings (SSSR count). The molecule has 1 saturated heterocycles. The van der Waals surface area contributed by atoms with Gasteiger partial charge in [-0.05, 0) is 67.8 Å². The topological polar surface area (TPSA) is 62.3 Å². The van der Waals surface area contributed by atoms with Crippen LogP contribution in [-0.4, -0.2) is 62.8 Å². The third kappa shape index (κ3) is 5.21. The molecule has 2 heterocycles. The zero-order chi connectivity index (χ0) is 27.2. The first-order chi connectivity index (χ1) is 18.8. The lowest BCUT2D eigenvalue weighted by Crippen LogP contribution is -2.46. The number of carbonyl (C=O) groups is 2. The molecular weight excluding hydrogens is 537 g/mol. The molecule has 0 spiro atoms. The Morgan fingerprint density at radius 1 is 1.00 bits per heavy atom. The number of aryl methyl sites for hydroxylation is 1. The van der Waals surface area contributed by atoms with Crippen molar-refractivity contribution in [2.75, 3.05) is 55.9 Å². The largest absolute Gasteiger partial charge is 0.494 e. The molecule has 9 heteroatoms. The second-order valence-corrected chi connectivity index (χ2v) is 12.4. The van der Waals surface area contributed by atoms with Crippen molar-refractivity contribution < 1.29 is 19.1 Å². The van der Waals surface area contributed by atoms with Gasteiger partial charge in [-0.15, -0.1) is 0 Å². The van der Waals surface area contributed by atoms with E-state index in [4.69, 9.17) is 32.7 Å². The van der Waals surface area contributed by atoms with E-state index in [1.54, 1.807) is 4.90 Å². The summed E-state index contributed by atoms with van der Waals surface area (Å²) in [5.41, 5.74) is 2.76. The minimum atomic E-state index is -0.267. The van der Waals surface area contributed by atoms with Crippen LogP contribution in [0.1, 0.15) is 44.6 Å². The first-order valence-corrected chi connectivity index (χ1v) is 14.7. The van der Waals surface area contributed by atoms with E-state index < -0.39 is 0 Å². The standard InChI is InChI=1S/C30H35Cl2N3O4/c1-29-18-30(29,19-29)28(37)39-20-35-25-17-22(9-7-21(25)8-10-26(35)36)38-16-3-2-11-33-12-14-34(15-13-33)24-6-4-5-23(31)27(24)32/h4-7,9,17H,2-3,8,10-16,18-20H2,1H3. The number of unbranched alkanes of at least 4 members (excludes halogenated alkanes) is 1. The molecule has 0 aromatic heterocycles. The zero-order valence-corrected chi connectivity index (χ0v) is 23.9. The molecule has 0 atom stereocenters. The van der Waals surface area contributed by atoms with Gasteiger partial charge in [-0.25, -0.2) is 0 Å². The molecule has 0 bridgehead atoms. The van der Waals surface area contributed by atoms with Crippen LogP contribution >= 0.6 is 23.2 Å². The summed E-state index contributed by atoms with van der Waals surface area (Å²) in [4.78, 5) is 31.6. The predicted octanol–water partition coefficient (Wildman–Crippen LogP) is 5.55. The highest BCUT2D eigenvalue weighted by Crippen LogP contribution is 2.86. The van der Waals surface area contributed by atoms with E-state index in [2.05, 4.69) is 16.7 Å². The lowest BCUT2D eigenvalue weighted by atomic mass is 10.0. The number of halogens is 2. The van der Waals surface area contributed by atoms with E-state index in [1.165, 1.54) is 0 Å². The van der Waals surface area contributed by atoms with Crippen LogP contribution < -0.4 is 14.5 Å². The number of piperazine rings is 1. The fraction of sp³-hybridized carbons (Fsp3) is 0.533. The van der Waals surface area contributed by atoms with Crippen LogP contribution in [-0.2, 0) is 20.7 Å². The summed E-state index contributed by atoms with van der Waals surface area (Å²) in [5, 5.41) is 1.22. The Morgan fingerprint density at radius 2 is 1.77 bits per heavy atom. The summed E-state index contributed by atoms with van der Waals surface area (Å²) >= 11 is 12.6. The molecule has 2 aromatic rings. The van der Waals surface area contributed by atoms with Crippen molar-refractivity contribution in [3.05, 3.63) is 52.0 Å². The van der Waals surface area contributed by atoms with Crippen molar-refractivity contribution >= 4 is 46.5 Å². The quantitative estimate of drug-likeness (QED) is 0.275. The van der Waals surface area contributed by atoms with Gasteiger partial charge in [0.15, 0.2) is 6.73 Å². The van der Waals surface area contributed by atoms with Gasteiger partial charge >= 0.3 is 5.97 Å². The summed E-state index contributed by atoms with van der Waals surface area (Å²) in [6.45, 7) is 7.57. The summed E-state index contributed by atoms with van der Waals surface area (Å²) in [7, 11) is 0. The summed E-state index contributed by atoms with van der Waals surface area (Å²) in [5.74, 6) is 0.561. The van der Waals surface area contributed by atoms with E-state index in [0.717, 1.165) is 81.1 Å².